The zero-order chi connectivity index (χ0) is 14.8. The molecule has 106 valence electrons. The second kappa shape index (κ2) is 3.89. The molecule has 0 saturated carbocycles. The van der Waals surface area contributed by atoms with Crippen molar-refractivity contribution >= 4 is 38.6 Å². The SMILES string of the molecule is Cc1cc2c3ccoc3c3nc4ccccc4n3c2cc1C. The van der Waals surface area contributed by atoms with Gasteiger partial charge in [-0.05, 0) is 55.3 Å². The largest absolute Gasteiger partial charge is 0.460 e. The van der Waals surface area contributed by atoms with E-state index in [2.05, 4.69) is 42.5 Å². The Kier molecular flexibility index (Phi) is 2.09. The molecule has 0 aliphatic heterocycles. The lowest BCUT2D eigenvalue weighted by atomic mass is 10.0. The van der Waals surface area contributed by atoms with Crippen LogP contribution in [0.15, 0.2) is 53.1 Å². The Balaban J connectivity index is 2.22. The van der Waals surface area contributed by atoms with Crippen molar-refractivity contribution in [3.8, 4) is 0 Å². The molecule has 5 rings (SSSR count). The molecule has 0 N–H and O–H groups in total. The van der Waals surface area contributed by atoms with Crippen LogP contribution in [0.1, 0.15) is 11.1 Å². The molecule has 0 fully saturated rings. The summed E-state index contributed by atoms with van der Waals surface area (Å²) < 4.78 is 7.97. The first kappa shape index (κ1) is 11.8. The summed E-state index contributed by atoms with van der Waals surface area (Å²) in [5.41, 5.74) is 7.60. The van der Waals surface area contributed by atoms with Gasteiger partial charge in [-0.2, -0.15) is 0 Å². The fourth-order valence-electron chi connectivity index (χ4n) is 3.32. The van der Waals surface area contributed by atoms with Crippen LogP contribution in [0.3, 0.4) is 0 Å². The van der Waals surface area contributed by atoms with Gasteiger partial charge in [-0.3, -0.25) is 4.40 Å². The van der Waals surface area contributed by atoms with Crippen LogP contribution in [0.2, 0.25) is 0 Å². The number of aromatic nitrogens is 2. The maximum Gasteiger partial charge on any atom is 0.182 e. The minimum absolute atomic E-state index is 0.854. The van der Waals surface area contributed by atoms with E-state index in [1.807, 2.05) is 18.2 Å². The lowest BCUT2D eigenvalue weighted by Crippen LogP contribution is -1.92. The molecule has 0 aliphatic rings. The first-order chi connectivity index (χ1) is 10.7. The van der Waals surface area contributed by atoms with E-state index in [9.17, 15) is 0 Å². The van der Waals surface area contributed by atoms with Crippen LogP contribution < -0.4 is 0 Å². The van der Waals surface area contributed by atoms with Gasteiger partial charge >= 0.3 is 0 Å². The van der Waals surface area contributed by atoms with Gasteiger partial charge in [-0.1, -0.05) is 12.1 Å². The highest BCUT2D eigenvalue weighted by Gasteiger charge is 2.16. The normalized spacial score (nSPS) is 12.1. The Morgan fingerprint density at radius 2 is 1.73 bits per heavy atom. The Hall–Kier alpha value is -2.81. The number of nitrogens with zero attached hydrogens (tertiary/aromatic N) is 2. The molecule has 0 radical (unpaired) electrons. The highest BCUT2D eigenvalue weighted by atomic mass is 16.3. The third kappa shape index (κ3) is 1.33. The second-order valence-corrected chi connectivity index (χ2v) is 5.88. The van der Waals surface area contributed by atoms with Crippen molar-refractivity contribution in [1.29, 1.82) is 0 Å². The van der Waals surface area contributed by atoms with Crippen molar-refractivity contribution in [1.82, 2.24) is 9.38 Å². The minimum Gasteiger partial charge on any atom is -0.460 e. The van der Waals surface area contributed by atoms with Crippen molar-refractivity contribution in [3.05, 3.63) is 59.9 Å². The smallest absolute Gasteiger partial charge is 0.182 e. The molecule has 3 heterocycles. The summed E-state index contributed by atoms with van der Waals surface area (Å²) in [5.74, 6) is 0. The molecular weight excluding hydrogens is 272 g/mol. The molecule has 0 spiro atoms. The van der Waals surface area contributed by atoms with Gasteiger partial charge in [0.25, 0.3) is 0 Å². The first-order valence-corrected chi connectivity index (χ1v) is 7.41. The molecule has 0 unspecified atom stereocenters. The van der Waals surface area contributed by atoms with E-state index >= 15 is 0 Å². The van der Waals surface area contributed by atoms with Crippen LogP contribution in [0.4, 0.5) is 0 Å². The van der Waals surface area contributed by atoms with Crippen LogP contribution >= 0.6 is 0 Å². The molecule has 3 nitrogen and oxygen atoms in total. The van der Waals surface area contributed by atoms with Gasteiger partial charge in [0.2, 0.25) is 0 Å². The van der Waals surface area contributed by atoms with Gasteiger partial charge in [0.1, 0.15) is 0 Å². The summed E-state index contributed by atoms with van der Waals surface area (Å²) in [6, 6.07) is 14.8. The summed E-state index contributed by atoms with van der Waals surface area (Å²) in [6.45, 7) is 4.30. The highest BCUT2D eigenvalue weighted by Crippen LogP contribution is 2.34. The number of hydrogen-bond donors (Lipinski definition) is 0. The van der Waals surface area contributed by atoms with Gasteiger partial charge in [-0.25, -0.2) is 4.98 Å². The van der Waals surface area contributed by atoms with E-state index in [1.54, 1.807) is 6.26 Å². The van der Waals surface area contributed by atoms with E-state index in [0.717, 1.165) is 27.6 Å². The predicted octanol–water partition coefficient (Wildman–Crippen LogP) is 5.00. The Morgan fingerprint density at radius 3 is 2.64 bits per heavy atom. The van der Waals surface area contributed by atoms with Crippen molar-refractivity contribution in [3.63, 3.8) is 0 Å². The number of furan rings is 1. The van der Waals surface area contributed by atoms with E-state index in [0.29, 0.717) is 0 Å². The Bertz CT molecular complexity index is 1190. The number of fused-ring (bicyclic) bond motifs is 8. The quantitative estimate of drug-likeness (QED) is 0.401. The molecule has 22 heavy (non-hydrogen) atoms. The summed E-state index contributed by atoms with van der Waals surface area (Å²) in [6.07, 6.45) is 1.75. The minimum atomic E-state index is 0.854. The van der Waals surface area contributed by atoms with Crippen LogP contribution in [0.5, 0.6) is 0 Å². The van der Waals surface area contributed by atoms with E-state index in [1.165, 1.54) is 22.0 Å². The predicted molar refractivity (Wildman–Crippen MR) is 89.5 cm³/mol. The third-order valence-electron chi connectivity index (χ3n) is 4.57. The molecule has 5 aromatic rings. The van der Waals surface area contributed by atoms with Crippen LogP contribution in [0, 0.1) is 13.8 Å². The Morgan fingerprint density at radius 1 is 0.909 bits per heavy atom. The molecule has 0 saturated heterocycles. The number of rotatable bonds is 0. The van der Waals surface area contributed by atoms with E-state index < -0.39 is 0 Å². The number of benzene rings is 2. The Labute approximate surface area is 126 Å². The monoisotopic (exact) mass is 286 g/mol. The standard InChI is InChI=1S/C19H14N2O/c1-11-9-14-13-7-8-22-18(13)19-20-15-5-3-4-6-16(15)21(19)17(14)10-12(11)2/h3-10H,1-2H3. The van der Waals surface area contributed by atoms with E-state index in [4.69, 9.17) is 9.40 Å². The lowest BCUT2D eigenvalue weighted by molar-refractivity contribution is 0.617. The second-order valence-electron chi connectivity index (χ2n) is 5.88. The maximum absolute atomic E-state index is 5.76. The van der Waals surface area contributed by atoms with Crippen molar-refractivity contribution in [2.24, 2.45) is 0 Å². The van der Waals surface area contributed by atoms with Gasteiger partial charge in [0.15, 0.2) is 11.2 Å². The van der Waals surface area contributed by atoms with Crippen LogP contribution in [-0.4, -0.2) is 9.38 Å². The zero-order valence-corrected chi connectivity index (χ0v) is 12.4. The molecule has 0 atom stereocenters. The van der Waals surface area contributed by atoms with Crippen LogP contribution in [-0.2, 0) is 0 Å². The first-order valence-electron chi connectivity index (χ1n) is 7.41. The van der Waals surface area contributed by atoms with Gasteiger partial charge in [0, 0.05) is 10.8 Å². The number of para-hydroxylation sites is 2. The van der Waals surface area contributed by atoms with Gasteiger partial charge < -0.3 is 4.42 Å². The average molecular weight is 286 g/mol. The highest BCUT2D eigenvalue weighted by molar-refractivity contribution is 6.11. The van der Waals surface area contributed by atoms with Crippen molar-refractivity contribution < 1.29 is 4.42 Å². The topological polar surface area (TPSA) is 30.4 Å². The number of pyridine rings is 1. The molecule has 2 aromatic carbocycles. The summed E-state index contributed by atoms with van der Waals surface area (Å²) >= 11 is 0. The summed E-state index contributed by atoms with van der Waals surface area (Å²) in [4.78, 5) is 4.79. The number of imidazole rings is 1. The number of aryl methyl sites for hydroxylation is 2. The average Bonchev–Trinajstić information content (AvgIpc) is 3.13. The molecule has 3 aromatic heterocycles. The van der Waals surface area contributed by atoms with Crippen molar-refractivity contribution in [2.75, 3.05) is 0 Å². The lowest BCUT2D eigenvalue weighted by Gasteiger charge is -2.08. The van der Waals surface area contributed by atoms with E-state index in [-0.39, 0.29) is 0 Å². The van der Waals surface area contributed by atoms with Crippen LogP contribution in [0.25, 0.3) is 38.6 Å². The maximum atomic E-state index is 5.76. The zero-order valence-electron chi connectivity index (χ0n) is 12.4. The summed E-state index contributed by atoms with van der Waals surface area (Å²) in [5, 5.41) is 2.34. The van der Waals surface area contributed by atoms with Gasteiger partial charge in [0.05, 0.1) is 22.8 Å². The van der Waals surface area contributed by atoms with Gasteiger partial charge in [-0.15, -0.1) is 0 Å². The molecular formula is C19H14N2O. The fraction of sp³-hybridized carbons (Fsp3) is 0.105. The molecule has 0 aliphatic carbocycles. The van der Waals surface area contributed by atoms with Crippen molar-refractivity contribution in [2.45, 2.75) is 13.8 Å². The third-order valence-corrected chi connectivity index (χ3v) is 4.57. The fourth-order valence-corrected chi connectivity index (χ4v) is 3.32. The molecule has 3 heteroatoms. The molecule has 0 bridgehead atoms. The number of hydrogen-bond acceptors (Lipinski definition) is 2. The molecule has 0 amide bonds. The summed E-state index contributed by atoms with van der Waals surface area (Å²) in [7, 11) is 0.